The van der Waals surface area contributed by atoms with Crippen LogP contribution < -0.4 is 5.32 Å². The van der Waals surface area contributed by atoms with Crippen molar-refractivity contribution in [3.05, 3.63) is 23.3 Å². The molecule has 2 rings (SSSR count). The topological polar surface area (TPSA) is 46.2 Å². The molecule has 0 radical (unpaired) electrons. The van der Waals surface area contributed by atoms with Gasteiger partial charge in [0.15, 0.2) is 0 Å². The highest BCUT2D eigenvalue weighted by molar-refractivity contribution is 6.15. The molecule has 62 valence electrons. The lowest BCUT2D eigenvalue weighted by atomic mass is 9.89. The van der Waals surface area contributed by atoms with Crippen LogP contribution in [0.25, 0.3) is 0 Å². The van der Waals surface area contributed by atoms with Crippen LogP contribution in [0.15, 0.2) is 23.3 Å². The molecule has 1 fully saturated rings. The first-order valence-corrected chi connectivity index (χ1v) is 3.92. The van der Waals surface area contributed by atoms with Gasteiger partial charge in [0.1, 0.15) is 0 Å². The highest BCUT2D eigenvalue weighted by atomic mass is 16.2. The van der Waals surface area contributed by atoms with E-state index >= 15 is 0 Å². The average molecular weight is 163 g/mol. The van der Waals surface area contributed by atoms with Gasteiger partial charge in [-0.3, -0.25) is 14.9 Å². The summed E-state index contributed by atoms with van der Waals surface area (Å²) in [5.41, 5.74) is 1.57. The molecule has 2 aliphatic rings. The van der Waals surface area contributed by atoms with Crippen LogP contribution in [-0.2, 0) is 9.59 Å². The molecule has 1 aliphatic carbocycles. The molecule has 1 heterocycles. The van der Waals surface area contributed by atoms with Crippen LogP contribution >= 0.6 is 0 Å². The van der Waals surface area contributed by atoms with Crippen molar-refractivity contribution in [1.82, 2.24) is 5.32 Å². The van der Waals surface area contributed by atoms with E-state index in [0.717, 1.165) is 5.57 Å². The molecule has 12 heavy (non-hydrogen) atoms. The summed E-state index contributed by atoms with van der Waals surface area (Å²) >= 11 is 0. The van der Waals surface area contributed by atoms with E-state index in [9.17, 15) is 9.59 Å². The van der Waals surface area contributed by atoms with E-state index in [1.54, 1.807) is 0 Å². The maximum atomic E-state index is 11.2. The zero-order chi connectivity index (χ0) is 8.72. The Balaban J connectivity index is 2.51. The second-order valence-corrected chi connectivity index (χ2v) is 3.11. The Bertz CT molecular complexity index is 325. The van der Waals surface area contributed by atoms with Crippen molar-refractivity contribution in [1.29, 1.82) is 0 Å². The van der Waals surface area contributed by atoms with Crippen LogP contribution in [-0.4, -0.2) is 11.8 Å². The SMILES string of the molecule is CC1=C2C(=O)NC(=O)C2CC=C1. The number of amides is 2. The molecule has 0 spiro atoms. The molecule has 0 saturated carbocycles. The largest absolute Gasteiger partial charge is 0.292 e. The molecule has 2 amide bonds. The number of imide groups is 1. The van der Waals surface area contributed by atoms with E-state index in [-0.39, 0.29) is 17.7 Å². The van der Waals surface area contributed by atoms with Gasteiger partial charge in [0.25, 0.3) is 5.91 Å². The summed E-state index contributed by atoms with van der Waals surface area (Å²) in [6.07, 6.45) is 4.48. The summed E-state index contributed by atoms with van der Waals surface area (Å²) < 4.78 is 0. The summed E-state index contributed by atoms with van der Waals surface area (Å²) in [7, 11) is 0. The van der Waals surface area contributed by atoms with E-state index < -0.39 is 0 Å². The molecule has 1 atom stereocenters. The number of carbonyl (C=O) groups is 2. The molecule has 3 nitrogen and oxygen atoms in total. The van der Waals surface area contributed by atoms with E-state index in [4.69, 9.17) is 0 Å². The second-order valence-electron chi connectivity index (χ2n) is 3.11. The number of hydrogen-bond donors (Lipinski definition) is 1. The average Bonchev–Trinajstić information content (AvgIpc) is 2.29. The molecule has 1 saturated heterocycles. The van der Waals surface area contributed by atoms with E-state index in [2.05, 4.69) is 5.32 Å². The molecule has 3 heteroatoms. The monoisotopic (exact) mass is 163 g/mol. The Morgan fingerprint density at radius 1 is 1.50 bits per heavy atom. The third-order valence-corrected chi connectivity index (χ3v) is 2.31. The quantitative estimate of drug-likeness (QED) is 0.529. The Labute approximate surface area is 70.1 Å². The number of nitrogens with one attached hydrogen (secondary N) is 1. The van der Waals surface area contributed by atoms with Gasteiger partial charge in [-0.25, -0.2) is 0 Å². The van der Waals surface area contributed by atoms with Gasteiger partial charge in [-0.05, 0) is 18.9 Å². The van der Waals surface area contributed by atoms with Gasteiger partial charge in [-0.2, -0.15) is 0 Å². The minimum Gasteiger partial charge on any atom is -0.292 e. The van der Waals surface area contributed by atoms with E-state index in [1.807, 2.05) is 19.1 Å². The van der Waals surface area contributed by atoms with Crippen LogP contribution in [0.1, 0.15) is 13.3 Å². The van der Waals surface area contributed by atoms with Crippen molar-refractivity contribution in [3.63, 3.8) is 0 Å². The zero-order valence-electron chi connectivity index (χ0n) is 6.76. The van der Waals surface area contributed by atoms with Crippen molar-refractivity contribution < 1.29 is 9.59 Å². The van der Waals surface area contributed by atoms with Crippen LogP contribution in [0.4, 0.5) is 0 Å². The number of rotatable bonds is 0. The minimum absolute atomic E-state index is 0.154. The Kier molecular flexibility index (Phi) is 1.40. The lowest BCUT2D eigenvalue weighted by molar-refractivity contribution is -0.125. The summed E-state index contributed by atoms with van der Waals surface area (Å²) in [6, 6.07) is 0. The summed E-state index contributed by atoms with van der Waals surface area (Å²) in [5.74, 6) is -0.590. The fourth-order valence-corrected chi connectivity index (χ4v) is 1.71. The Morgan fingerprint density at radius 2 is 2.25 bits per heavy atom. The normalized spacial score (nSPS) is 27.6. The van der Waals surface area contributed by atoms with Gasteiger partial charge in [0.05, 0.1) is 5.92 Å². The molecule has 1 unspecified atom stereocenters. The summed E-state index contributed by atoms with van der Waals surface area (Å²) in [5, 5.41) is 2.31. The first kappa shape index (κ1) is 7.28. The van der Waals surface area contributed by atoms with Crippen LogP contribution in [0.3, 0.4) is 0 Å². The van der Waals surface area contributed by atoms with Crippen molar-refractivity contribution in [2.45, 2.75) is 13.3 Å². The molecule has 0 aromatic carbocycles. The second kappa shape index (κ2) is 2.30. The Morgan fingerprint density at radius 3 is 2.92 bits per heavy atom. The predicted octanol–water partition coefficient (Wildman–Crippen LogP) is 0.535. The first-order valence-electron chi connectivity index (χ1n) is 3.92. The maximum absolute atomic E-state index is 11.2. The predicted molar refractivity (Wildman–Crippen MR) is 43.1 cm³/mol. The van der Waals surface area contributed by atoms with Gasteiger partial charge >= 0.3 is 0 Å². The summed E-state index contributed by atoms with van der Waals surface area (Å²) in [4.78, 5) is 22.4. The van der Waals surface area contributed by atoms with Crippen molar-refractivity contribution in [2.75, 3.05) is 0 Å². The minimum atomic E-state index is -0.220. The third kappa shape index (κ3) is 0.826. The molecule has 0 aromatic rings. The lowest BCUT2D eigenvalue weighted by Crippen LogP contribution is -2.21. The van der Waals surface area contributed by atoms with Gasteiger partial charge in [-0.1, -0.05) is 12.2 Å². The number of fused-ring (bicyclic) bond motifs is 1. The van der Waals surface area contributed by atoms with Crippen LogP contribution in [0, 0.1) is 5.92 Å². The molecule has 1 N–H and O–H groups in total. The molecular weight excluding hydrogens is 154 g/mol. The van der Waals surface area contributed by atoms with Gasteiger partial charge in [0.2, 0.25) is 5.91 Å². The lowest BCUT2D eigenvalue weighted by Gasteiger charge is -2.11. The van der Waals surface area contributed by atoms with Crippen LogP contribution in [0.2, 0.25) is 0 Å². The fourth-order valence-electron chi connectivity index (χ4n) is 1.71. The van der Waals surface area contributed by atoms with E-state index in [0.29, 0.717) is 12.0 Å². The number of hydrogen-bond acceptors (Lipinski definition) is 2. The highest BCUT2D eigenvalue weighted by Crippen LogP contribution is 2.29. The van der Waals surface area contributed by atoms with Crippen molar-refractivity contribution >= 4 is 11.8 Å². The third-order valence-electron chi connectivity index (χ3n) is 2.31. The zero-order valence-corrected chi connectivity index (χ0v) is 6.76. The smallest absolute Gasteiger partial charge is 0.254 e. The standard InChI is InChI=1S/C9H9NO2/c1-5-3-2-4-6-7(5)9(12)10-8(6)11/h2-3,6H,4H2,1H3,(H,10,11,12). The van der Waals surface area contributed by atoms with Crippen LogP contribution in [0.5, 0.6) is 0 Å². The molecule has 0 bridgehead atoms. The molecule has 1 aliphatic heterocycles. The molecular formula is C9H9NO2. The number of carbonyl (C=O) groups excluding carboxylic acids is 2. The van der Waals surface area contributed by atoms with Gasteiger partial charge in [0, 0.05) is 5.57 Å². The summed E-state index contributed by atoms with van der Waals surface area (Å²) in [6.45, 7) is 1.86. The maximum Gasteiger partial charge on any atom is 0.254 e. The molecule has 0 aromatic heterocycles. The van der Waals surface area contributed by atoms with Gasteiger partial charge in [-0.15, -0.1) is 0 Å². The van der Waals surface area contributed by atoms with Crippen molar-refractivity contribution in [3.8, 4) is 0 Å². The fraction of sp³-hybridized carbons (Fsp3) is 0.333. The first-order chi connectivity index (χ1) is 5.70. The van der Waals surface area contributed by atoms with E-state index in [1.165, 1.54) is 0 Å². The number of allylic oxidation sites excluding steroid dienone is 3. The van der Waals surface area contributed by atoms with Gasteiger partial charge < -0.3 is 0 Å². The van der Waals surface area contributed by atoms with Crippen molar-refractivity contribution in [2.24, 2.45) is 5.92 Å². The highest BCUT2D eigenvalue weighted by Gasteiger charge is 2.37. The Hall–Kier alpha value is -1.38.